The number of fused-ring (bicyclic) bond motifs is 1. The van der Waals surface area contributed by atoms with Gasteiger partial charge in [0.25, 0.3) is 0 Å². The monoisotopic (exact) mass is 502 g/mol. The minimum absolute atomic E-state index is 0.360. The molecule has 0 bridgehead atoms. The van der Waals surface area contributed by atoms with Crippen molar-refractivity contribution < 1.29 is 14.6 Å². The standard InChI is InChI=1S/C32H42N2O3/c1-6-34(22-24-7-13-29(14-8-24)37-18-17-33(4)23(2)3)32-21-30(36-5)15-16-31(32)27-10-9-26-20-28(35)12-11-25(26)19-27/h7-8,11-16,20-21,23,27,35H,6,9-10,17-19,22H2,1-5H3/t27-/m1/s1. The fourth-order valence-corrected chi connectivity index (χ4v) is 5.12. The Morgan fingerprint density at radius 2 is 1.73 bits per heavy atom. The molecule has 1 aliphatic carbocycles. The van der Waals surface area contributed by atoms with E-state index in [0.717, 1.165) is 50.4 Å². The van der Waals surface area contributed by atoms with Crippen LogP contribution in [-0.2, 0) is 19.4 Å². The highest BCUT2D eigenvalue weighted by atomic mass is 16.5. The first kappa shape index (κ1) is 26.9. The van der Waals surface area contributed by atoms with E-state index in [1.807, 2.05) is 12.1 Å². The molecule has 3 aromatic carbocycles. The Hall–Kier alpha value is -3.18. The van der Waals surface area contributed by atoms with Crippen molar-refractivity contribution in [1.29, 1.82) is 0 Å². The average molecular weight is 503 g/mol. The van der Waals surface area contributed by atoms with E-state index in [2.05, 4.69) is 86.1 Å². The number of aromatic hydroxyl groups is 1. The summed E-state index contributed by atoms with van der Waals surface area (Å²) >= 11 is 0. The van der Waals surface area contributed by atoms with Crippen molar-refractivity contribution in [2.24, 2.45) is 0 Å². The van der Waals surface area contributed by atoms with Crippen LogP contribution in [-0.4, -0.2) is 49.9 Å². The molecular weight excluding hydrogens is 460 g/mol. The lowest BCUT2D eigenvalue weighted by molar-refractivity contribution is 0.208. The Bertz CT molecular complexity index is 1160. The number of anilines is 1. The molecule has 5 heteroatoms. The van der Waals surface area contributed by atoms with Gasteiger partial charge in [0.2, 0.25) is 0 Å². The summed E-state index contributed by atoms with van der Waals surface area (Å²) in [5, 5.41) is 9.89. The third-order valence-electron chi connectivity index (χ3n) is 7.71. The van der Waals surface area contributed by atoms with Gasteiger partial charge in [0.05, 0.1) is 7.11 Å². The lowest BCUT2D eigenvalue weighted by Gasteiger charge is -2.32. The van der Waals surface area contributed by atoms with Crippen LogP contribution >= 0.6 is 0 Å². The highest BCUT2D eigenvalue weighted by Gasteiger charge is 2.24. The van der Waals surface area contributed by atoms with Crippen LogP contribution in [0, 0.1) is 0 Å². The third kappa shape index (κ3) is 6.78. The first-order chi connectivity index (χ1) is 17.9. The number of nitrogens with zero attached hydrogens (tertiary/aromatic N) is 2. The molecule has 0 aliphatic heterocycles. The van der Waals surface area contributed by atoms with E-state index in [-0.39, 0.29) is 0 Å². The van der Waals surface area contributed by atoms with Crippen molar-refractivity contribution in [2.75, 3.05) is 38.8 Å². The molecule has 0 heterocycles. The number of hydrogen-bond donors (Lipinski definition) is 1. The second-order valence-electron chi connectivity index (χ2n) is 10.4. The van der Waals surface area contributed by atoms with Crippen molar-refractivity contribution in [3.63, 3.8) is 0 Å². The molecule has 0 fully saturated rings. The number of ether oxygens (including phenoxy) is 2. The molecule has 0 unspecified atom stereocenters. The largest absolute Gasteiger partial charge is 0.508 e. The molecule has 1 aliphatic rings. The zero-order valence-corrected chi connectivity index (χ0v) is 23.0. The normalized spacial score (nSPS) is 15.1. The molecule has 1 N–H and O–H groups in total. The van der Waals surface area contributed by atoms with Gasteiger partial charge >= 0.3 is 0 Å². The summed E-state index contributed by atoms with van der Waals surface area (Å²) in [7, 11) is 3.86. The first-order valence-corrected chi connectivity index (χ1v) is 13.5. The van der Waals surface area contributed by atoms with E-state index in [1.165, 1.54) is 27.9 Å². The molecule has 0 aromatic heterocycles. The second-order valence-corrected chi connectivity index (χ2v) is 10.4. The summed E-state index contributed by atoms with van der Waals surface area (Å²) in [6, 6.07) is 21.4. The first-order valence-electron chi connectivity index (χ1n) is 13.5. The zero-order valence-electron chi connectivity index (χ0n) is 23.0. The van der Waals surface area contributed by atoms with Gasteiger partial charge in [-0.15, -0.1) is 0 Å². The van der Waals surface area contributed by atoms with Crippen LogP contribution in [0.15, 0.2) is 60.7 Å². The lowest BCUT2D eigenvalue weighted by Crippen LogP contribution is -2.30. The van der Waals surface area contributed by atoms with E-state index >= 15 is 0 Å². The predicted octanol–water partition coefficient (Wildman–Crippen LogP) is 6.42. The van der Waals surface area contributed by atoms with Gasteiger partial charge in [0.15, 0.2) is 0 Å². The molecule has 5 nitrogen and oxygen atoms in total. The summed E-state index contributed by atoms with van der Waals surface area (Å²) in [5.41, 5.74) is 6.49. The van der Waals surface area contributed by atoms with Gasteiger partial charge in [0, 0.05) is 37.4 Å². The van der Waals surface area contributed by atoms with Gasteiger partial charge < -0.3 is 24.4 Å². The molecule has 0 saturated heterocycles. The molecule has 3 aromatic rings. The zero-order chi connectivity index (χ0) is 26.4. The number of phenols is 1. The van der Waals surface area contributed by atoms with Crippen LogP contribution in [0.5, 0.6) is 17.2 Å². The summed E-state index contributed by atoms with van der Waals surface area (Å²) in [5.74, 6) is 2.59. The second kappa shape index (κ2) is 12.4. The van der Waals surface area contributed by atoms with Gasteiger partial charge in [-0.1, -0.05) is 24.3 Å². The Balaban J connectivity index is 1.49. The molecule has 0 spiro atoms. The van der Waals surface area contributed by atoms with Gasteiger partial charge in [-0.05, 0) is 106 Å². The van der Waals surface area contributed by atoms with Crippen molar-refractivity contribution in [3.05, 3.63) is 82.9 Å². The Kier molecular flexibility index (Phi) is 8.99. The van der Waals surface area contributed by atoms with Crippen LogP contribution in [0.1, 0.15) is 55.4 Å². The molecule has 4 rings (SSSR count). The minimum atomic E-state index is 0.360. The highest BCUT2D eigenvalue weighted by Crippen LogP contribution is 2.40. The number of hydrogen-bond acceptors (Lipinski definition) is 5. The number of rotatable bonds is 11. The summed E-state index contributed by atoms with van der Waals surface area (Å²) in [6.45, 7) is 9.93. The smallest absolute Gasteiger partial charge is 0.120 e. The highest BCUT2D eigenvalue weighted by molar-refractivity contribution is 5.60. The maximum absolute atomic E-state index is 9.89. The van der Waals surface area contributed by atoms with E-state index in [4.69, 9.17) is 9.47 Å². The molecule has 1 atom stereocenters. The van der Waals surface area contributed by atoms with Crippen LogP contribution in [0.2, 0.25) is 0 Å². The number of aryl methyl sites for hydroxylation is 1. The third-order valence-corrected chi connectivity index (χ3v) is 7.71. The molecule has 198 valence electrons. The van der Waals surface area contributed by atoms with Crippen molar-refractivity contribution in [1.82, 2.24) is 4.90 Å². The number of benzene rings is 3. The van der Waals surface area contributed by atoms with Crippen LogP contribution < -0.4 is 14.4 Å². The summed E-state index contributed by atoms with van der Waals surface area (Å²) < 4.78 is 11.6. The maximum Gasteiger partial charge on any atom is 0.120 e. The molecule has 37 heavy (non-hydrogen) atoms. The maximum atomic E-state index is 9.89. The van der Waals surface area contributed by atoms with Crippen molar-refractivity contribution in [2.45, 2.75) is 58.5 Å². The number of methoxy groups -OCH3 is 1. The quantitative estimate of drug-likeness (QED) is 0.328. The van der Waals surface area contributed by atoms with E-state index in [1.54, 1.807) is 7.11 Å². The van der Waals surface area contributed by atoms with E-state index in [9.17, 15) is 5.11 Å². The van der Waals surface area contributed by atoms with Crippen LogP contribution in [0.25, 0.3) is 0 Å². The topological polar surface area (TPSA) is 45.2 Å². The average Bonchev–Trinajstić information content (AvgIpc) is 2.91. The van der Waals surface area contributed by atoms with Gasteiger partial charge in [-0.3, -0.25) is 0 Å². The van der Waals surface area contributed by atoms with Crippen molar-refractivity contribution >= 4 is 5.69 Å². The van der Waals surface area contributed by atoms with Crippen molar-refractivity contribution in [3.8, 4) is 17.2 Å². The molecule has 0 saturated carbocycles. The van der Waals surface area contributed by atoms with E-state index < -0.39 is 0 Å². The van der Waals surface area contributed by atoms with E-state index in [0.29, 0.717) is 24.3 Å². The van der Waals surface area contributed by atoms with Crippen LogP contribution in [0.4, 0.5) is 5.69 Å². The molecule has 0 radical (unpaired) electrons. The van der Waals surface area contributed by atoms with Gasteiger partial charge in [0.1, 0.15) is 23.9 Å². The molecule has 0 amide bonds. The summed E-state index contributed by atoms with van der Waals surface area (Å²) in [6.07, 6.45) is 3.05. The SMILES string of the molecule is CCN(Cc1ccc(OCCN(C)C(C)C)cc1)c1cc(OC)ccc1[C@@H]1CCc2cc(O)ccc2C1. The Morgan fingerprint density at radius 1 is 0.973 bits per heavy atom. The predicted molar refractivity (Wildman–Crippen MR) is 152 cm³/mol. The number of likely N-dealkylation sites (N-methyl/N-ethyl adjacent to an activating group) is 1. The Morgan fingerprint density at radius 3 is 2.43 bits per heavy atom. The van der Waals surface area contributed by atoms with Gasteiger partial charge in [-0.25, -0.2) is 0 Å². The Labute approximate surface area is 222 Å². The molecular formula is C32H42N2O3. The van der Waals surface area contributed by atoms with Gasteiger partial charge in [-0.2, -0.15) is 0 Å². The summed E-state index contributed by atoms with van der Waals surface area (Å²) in [4.78, 5) is 4.73. The van der Waals surface area contributed by atoms with Crippen LogP contribution in [0.3, 0.4) is 0 Å². The number of phenolic OH excluding ortho intramolecular Hbond substituents is 1. The lowest BCUT2D eigenvalue weighted by atomic mass is 9.79. The fourth-order valence-electron chi connectivity index (χ4n) is 5.12. The fraction of sp³-hybridized carbons (Fsp3) is 0.438. The minimum Gasteiger partial charge on any atom is -0.508 e.